The number of rotatable bonds is 4. The minimum atomic E-state index is 0.659. The van der Waals surface area contributed by atoms with E-state index in [0.29, 0.717) is 5.25 Å². The lowest BCUT2D eigenvalue weighted by molar-refractivity contribution is 0.479. The third-order valence-corrected chi connectivity index (χ3v) is 5.36. The van der Waals surface area contributed by atoms with Gasteiger partial charge in [-0.3, -0.25) is 4.99 Å². The number of hydrogen-bond donors (Lipinski definition) is 1. The van der Waals surface area contributed by atoms with E-state index in [2.05, 4.69) is 71.0 Å². The molecule has 0 radical (unpaired) electrons. The van der Waals surface area contributed by atoms with Gasteiger partial charge in [0.1, 0.15) is 0 Å². The molecule has 98 valence electrons. The molecule has 0 amide bonds. The SMILES string of the molecule is CCC(CC)C1CN=C(Nc2ccc(I)cc2)S1. The monoisotopic (exact) mass is 374 g/mol. The maximum atomic E-state index is 4.62. The Bertz CT molecular complexity index is 412. The summed E-state index contributed by atoms with van der Waals surface area (Å²) in [5.41, 5.74) is 1.13. The van der Waals surface area contributed by atoms with Crippen LogP contribution in [0.4, 0.5) is 5.69 Å². The molecule has 0 aromatic heterocycles. The zero-order valence-electron chi connectivity index (χ0n) is 10.8. The molecule has 1 aromatic carbocycles. The lowest BCUT2D eigenvalue weighted by atomic mass is 9.99. The minimum absolute atomic E-state index is 0.659. The number of aliphatic imine (C=N–C) groups is 1. The van der Waals surface area contributed by atoms with Gasteiger partial charge in [-0.15, -0.1) is 0 Å². The first kappa shape index (κ1) is 14.2. The van der Waals surface area contributed by atoms with Crippen molar-refractivity contribution < 1.29 is 0 Å². The van der Waals surface area contributed by atoms with Crippen LogP contribution in [0.25, 0.3) is 0 Å². The molecule has 1 N–H and O–H groups in total. The molecule has 0 saturated carbocycles. The van der Waals surface area contributed by atoms with Crippen molar-refractivity contribution in [1.29, 1.82) is 0 Å². The zero-order valence-corrected chi connectivity index (χ0v) is 13.8. The van der Waals surface area contributed by atoms with Crippen molar-refractivity contribution in [2.75, 3.05) is 11.9 Å². The van der Waals surface area contributed by atoms with Crippen LogP contribution in [0.3, 0.4) is 0 Å². The molecule has 1 atom stereocenters. The van der Waals surface area contributed by atoms with Crippen molar-refractivity contribution in [2.45, 2.75) is 31.9 Å². The van der Waals surface area contributed by atoms with E-state index in [0.717, 1.165) is 23.3 Å². The van der Waals surface area contributed by atoms with E-state index in [9.17, 15) is 0 Å². The van der Waals surface area contributed by atoms with Gasteiger partial charge in [-0.05, 0) is 52.8 Å². The molecular formula is C14H19IN2S. The number of anilines is 1. The van der Waals surface area contributed by atoms with Crippen LogP contribution in [0.15, 0.2) is 29.3 Å². The molecule has 2 nitrogen and oxygen atoms in total. The van der Waals surface area contributed by atoms with Crippen LogP contribution in [0.2, 0.25) is 0 Å². The van der Waals surface area contributed by atoms with Gasteiger partial charge < -0.3 is 5.32 Å². The van der Waals surface area contributed by atoms with Gasteiger partial charge >= 0.3 is 0 Å². The number of amidine groups is 1. The number of thioether (sulfide) groups is 1. The molecule has 1 aliphatic heterocycles. The minimum Gasteiger partial charge on any atom is -0.335 e. The summed E-state index contributed by atoms with van der Waals surface area (Å²) >= 11 is 4.22. The molecule has 1 heterocycles. The fraction of sp³-hybridized carbons (Fsp3) is 0.500. The van der Waals surface area contributed by atoms with Crippen LogP contribution in [-0.2, 0) is 0 Å². The molecular weight excluding hydrogens is 355 g/mol. The predicted octanol–water partition coefficient (Wildman–Crippen LogP) is 4.61. The van der Waals surface area contributed by atoms with Crippen LogP contribution >= 0.6 is 34.4 Å². The Hall–Kier alpha value is -0.230. The van der Waals surface area contributed by atoms with E-state index in [1.165, 1.54) is 16.4 Å². The first-order valence-electron chi connectivity index (χ1n) is 6.46. The molecule has 1 aliphatic rings. The summed E-state index contributed by atoms with van der Waals surface area (Å²) in [5, 5.41) is 5.15. The smallest absolute Gasteiger partial charge is 0.161 e. The Balaban J connectivity index is 1.91. The van der Waals surface area contributed by atoms with Crippen LogP contribution in [0.1, 0.15) is 26.7 Å². The first-order chi connectivity index (χ1) is 8.72. The number of hydrogen-bond acceptors (Lipinski definition) is 3. The molecule has 0 bridgehead atoms. The fourth-order valence-corrected chi connectivity index (χ4v) is 3.87. The molecule has 0 saturated heterocycles. The topological polar surface area (TPSA) is 24.4 Å². The summed E-state index contributed by atoms with van der Waals surface area (Å²) in [5.74, 6) is 0.787. The van der Waals surface area contributed by atoms with Crippen molar-refractivity contribution in [3.8, 4) is 0 Å². The summed E-state index contributed by atoms with van der Waals surface area (Å²) < 4.78 is 1.26. The Morgan fingerprint density at radius 1 is 1.33 bits per heavy atom. The zero-order chi connectivity index (χ0) is 13.0. The summed E-state index contributed by atoms with van der Waals surface area (Å²) in [6, 6.07) is 8.44. The molecule has 0 aliphatic carbocycles. The maximum absolute atomic E-state index is 4.62. The summed E-state index contributed by atoms with van der Waals surface area (Å²) in [4.78, 5) is 4.62. The van der Waals surface area contributed by atoms with E-state index in [4.69, 9.17) is 0 Å². The number of benzene rings is 1. The molecule has 2 rings (SSSR count). The van der Waals surface area contributed by atoms with Gasteiger partial charge in [0, 0.05) is 14.5 Å². The average molecular weight is 374 g/mol. The second kappa shape index (κ2) is 6.80. The Labute approximate surface area is 127 Å². The van der Waals surface area contributed by atoms with E-state index < -0.39 is 0 Å². The third kappa shape index (κ3) is 3.63. The van der Waals surface area contributed by atoms with E-state index in [1.807, 2.05) is 11.8 Å². The van der Waals surface area contributed by atoms with Gasteiger partial charge in [-0.25, -0.2) is 0 Å². The van der Waals surface area contributed by atoms with E-state index in [-0.39, 0.29) is 0 Å². The Morgan fingerprint density at radius 2 is 2.00 bits per heavy atom. The van der Waals surface area contributed by atoms with Crippen LogP contribution in [-0.4, -0.2) is 17.0 Å². The van der Waals surface area contributed by atoms with Gasteiger partial charge in [0.15, 0.2) is 5.17 Å². The van der Waals surface area contributed by atoms with Crippen LogP contribution in [0, 0.1) is 9.49 Å². The van der Waals surface area contributed by atoms with Gasteiger partial charge in [0.2, 0.25) is 0 Å². The van der Waals surface area contributed by atoms with Crippen molar-refractivity contribution in [3.63, 3.8) is 0 Å². The quantitative estimate of drug-likeness (QED) is 0.779. The van der Waals surface area contributed by atoms with Crippen molar-refractivity contribution in [1.82, 2.24) is 0 Å². The summed E-state index contributed by atoms with van der Waals surface area (Å²) in [6.45, 7) is 5.52. The van der Waals surface area contributed by atoms with Gasteiger partial charge in [-0.1, -0.05) is 38.5 Å². The largest absolute Gasteiger partial charge is 0.335 e. The maximum Gasteiger partial charge on any atom is 0.161 e. The van der Waals surface area contributed by atoms with Gasteiger partial charge in [0.05, 0.1) is 6.54 Å². The molecule has 1 unspecified atom stereocenters. The van der Waals surface area contributed by atoms with Gasteiger partial charge in [-0.2, -0.15) is 0 Å². The normalized spacial score (nSPS) is 19.1. The highest BCUT2D eigenvalue weighted by Crippen LogP contribution is 2.31. The standard InChI is InChI=1S/C14H19IN2S/c1-3-10(4-2)13-9-16-14(18-13)17-12-7-5-11(15)6-8-12/h5-8,10,13H,3-4,9H2,1-2H3,(H,16,17). The van der Waals surface area contributed by atoms with Crippen molar-refractivity contribution in [2.24, 2.45) is 10.9 Å². The second-order valence-electron chi connectivity index (χ2n) is 4.51. The van der Waals surface area contributed by atoms with Crippen molar-refractivity contribution in [3.05, 3.63) is 27.8 Å². The highest BCUT2D eigenvalue weighted by atomic mass is 127. The molecule has 0 fully saturated rings. The predicted molar refractivity (Wildman–Crippen MR) is 90.5 cm³/mol. The summed E-state index contributed by atoms with van der Waals surface area (Å²) in [6.07, 6.45) is 2.50. The van der Waals surface area contributed by atoms with E-state index >= 15 is 0 Å². The number of nitrogens with one attached hydrogen (secondary N) is 1. The van der Waals surface area contributed by atoms with Crippen molar-refractivity contribution >= 4 is 45.2 Å². The third-order valence-electron chi connectivity index (χ3n) is 3.35. The molecule has 18 heavy (non-hydrogen) atoms. The fourth-order valence-electron chi connectivity index (χ4n) is 2.18. The number of nitrogens with zero attached hydrogens (tertiary/aromatic N) is 1. The van der Waals surface area contributed by atoms with Crippen LogP contribution in [0.5, 0.6) is 0 Å². The lowest BCUT2D eigenvalue weighted by Gasteiger charge is -2.18. The van der Waals surface area contributed by atoms with Crippen LogP contribution < -0.4 is 5.32 Å². The summed E-state index contributed by atoms with van der Waals surface area (Å²) in [7, 11) is 0. The Morgan fingerprint density at radius 3 is 2.61 bits per heavy atom. The highest BCUT2D eigenvalue weighted by molar-refractivity contribution is 14.1. The Kier molecular flexibility index (Phi) is 5.36. The molecule has 1 aromatic rings. The first-order valence-corrected chi connectivity index (χ1v) is 8.42. The number of halogens is 1. The average Bonchev–Trinajstić information content (AvgIpc) is 2.82. The highest BCUT2D eigenvalue weighted by Gasteiger charge is 2.25. The lowest BCUT2D eigenvalue weighted by Crippen LogP contribution is -2.17. The molecule has 4 heteroatoms. The molecule has 0 spiro atoms. The van der Waals surface area contributed by atoms with E-state index in [1.54, 1.807) is 0 Å². The van der Waals surface area contributed by atoms with Gasteiger partial charge in [0.25, 0.3) is 0 Å². The second-order valence-corrected chi connectivity index (χ2v) is 6.98.